The van der Waals surface area contributed by atoms with Gasteiger partial charge in [-0.3, -0.25) is 0 Å². The molecule has 17 heavy (non-hydrogen) atoms. The molecule has 0 bridgehead atoms. The van der Waals surface area contributed by atoms with Crippen LogP contribution in [0.4, 0.5) is 0 Å². The summed E-state index contributed by atoms with van der Waals surface area (Å²) in [7, 11) is 5.98. The van der Waals surface area contributed by atoms with Crippen molar-refractivity contribution in [3.05, 3.63) is 29.8 Å². The summed E-state index contributed by atoms with van der Waals surface area (Å²) in [5.74, 6) is 0.939. The highest BCUT2D eigenvalue weighted by molar-refractivity contribution is 5.34. The third kappa shape index (κ3) is 2.61. The second kappa shape index (κ2) is 5.07. The number of ether oxygens (including phenoxy) is 1. The summed E-state index contributed by atoms with van der Waals surface area (Å²) in [4.78, 5) is 2.25. The molecule has 1 aliphatic rings. The quantitative estimate of drug-likeness (QED) is 0.860. The monoisotopic (exact) mass is 234 g/mol. The molecule has 1 aromatic carbocycles. The largest absolute Gasteiger partial charge is 0.497 e. The Morgan fingerprint density at radius 2 is 2.24 bits per heavy atom. The molecule has 1 fully saturated rings. The maximum Gasteiger partial charge on any atom is 0.119 e. The van der Waals surface area contributed by atoms with Crippen molar-refractivity contribution < 1.29 is 4.74 Å². The molecule has 0 aromatic heterocycles. The van der Waals surface area contributed by atoms with Gasteiger partial charge in [0.25, 0.3) is 0 Å². The number of benzene rings is 1. The summed E-state index contributed by atoms with van der Waals surface area (Å²) in [5.41, 5.74) is 1.43. The van der Waals surface area contributed by atoms with E-state index in [9.17, 15) is 0 Å². The molecular formula is C14H22N2O. The van der Waals surface area contributed by atoms with Crippen LogP contribution in [-0.4, -0.2) is 39.2 Å². The third-order valence-electron chi connectivity index (χ3n) is 3.45. The average molecular weight is 234 g/mol. The maximum atomic E-state index is 5.32. The first-order valence-corrected chi connectivity index (χ1v) is 6.21. The van der Waals surface area contributed by atoms with Crippen LogP contribution in [0.25, 0.3) is 0 Å². The van der Waals surface area contributed by atoms with Gasteiger partial charge in [-0.2, -0.15) is 0 Å². The predicted molar refractivity (Wildman–Crippen MR) is 70.5 cm³/mol. The second-order valence-electron chi connectivity index (χ2n) is 5.08. The van der Waals surface area contributed by atoms with E-state index in [4.69, 9.17) is 4.74 Å². The number of hydrogen-bond acceptors (Lipinski definition) is 3. The molecular weight excluding hydrogens is 212 g/mol. The number of likely N-dealkylation sites (N-methyl/N-ethyl adjacent to an activating group) is 1. The van der Waals surface area contributed by atoms with E-state index >= 15 is 0 Å². The molecule has 2 rings (SSSR count). The van der Waals surface area contributed by atoms with E-state index in [-0.39, 0.29) is 5.54 Å². The lowest BCUT2D eigenvalue weighted by molar-refractivity contribution is 0.259. The fourth-order valence-electron chi connectivity index (χ4n) is 2.74. The minimum atomic E-state index is 0.0953. The van der Waals surface area contributed by atoms with Gasteiger partial charge in [-0.15, -0.1) is 0 Å². The van der Waals surface area contributed by atoms with Crippen LogP contribution in [0.1, 0.15) is 18.4 Å². The lowest BCUT2D eigenvalue weighted by Gasteiger charge is -2.33. The van der Waals surface area contributed by atoms with Crippen LogP contribution in [0.3, 0.4) is 0 Å². The van der Waals surface area contributed by atoms with Crippen molar-refractivity contribution in [2.24, 2.45) is 0 Å². The maximum absolute atomic E-state index is 5.32. The van der Waals surface area contributed by atoms with Gasteiger partial charge in [0.05, 0.1) is 12.6 Å². The van der Waals surface area contributed by atoms with Crippen molar-refractivity contribution in [1.29, 1.82) is 0 Å². The highest BCUT2D eigenvalue weighted by atomic mass is 16.5. The van der Waals surface area contributed by atoms with Crippen molar-refractivity contribution >= 4 is 0 Å². The van der Waals surface area contributed by atoms with Crippen molar-refractivity contribution in [3.63, 3.8) is 0 Å². The van der Waals surface area contributed by atoms with E-state index in [0.717, 1.165) is 18.8 Å². The normalized spacial score (nSPS) is 24.2. The summed E-state index contributed by atoms with van der Waals surface area (Å²) >= 11 is 0. The zero-order valence-corrected chi connectivity index (χ0v) is 11.0. The van der Waals surface area contributed by atoms with Crippen molar-refractivity contribution in [2.45, 2.75) is 18.4 Å². The molecule has 0 saturated carbocycles. The molecule has 94 valence electrons. The van der Waals surface area contributed by atoms with Crippen molar-refractivity contribution in [2.75, 3.05) is 34.3 Å². The van der Waals surface area contributed by atoms with E-state index in [1.165, 1.54) is 18.4 Å². The van der Waals surface area contributed by atoms with Gasteiger partial charge in [-0.25, -0.2) is 0 Å². The number of methoxy groups -OCH3 is 1. The second-order valence-corrected chi connectivity index (χ2v) is 5.08. The van der Waals surface area contributed by atoms with Gasteiger partial charge >= 0.3 is 0 Å². The molecule has 1 aromatic rings. The Kier molecular flexibility index (Phi) is 3.69. The fraction of sp³-hybridized carbons (Fsp3) is 0.571. The van der Waals surface area contributed by atoms with Crippen LogP contribution in [0.5, 0.6) is 5.75 Å². The van der Waals surface area contributed by atoms with Crippen LogP contribution < -0.4 is 10.1 Å². The SMILES string of the molecule is COc1cccc(C2(CN(C)C)CCCN2)c1. The number of nitrogens with zero attached hydrogens (tertiary/aromatic N) is 1. The van der Waals surface area contributed by atoms with E-state index < -0.39 is 0 Å². The molecule has 1 aliphatic heterocycles. The Morgan fingerprint density at radius 1 is 1.41 bits per heavy atom. The minimum Gasteiger partial charge on any atom is -0.497 e. The molecule has 0 aliphatic carbocycles. The molecule has 3 heteroatoms. The van der Waals surface area contributed by atoms with Gasteiger partial charge in [-0.1, -0.05) is 12.1 Å². The first-order chi connectivity index (χ1) is 8.16. The van der Waals surface area contributed by atoms with Crippen LogP contribution in [-0.2, 0) is 5.54 Å². The van der Waals surface area contributed by atoms with E-state index in [2.05, 4.69) is 42.5 Å². The predicted octanol–water partition coefficient (Wildman–Crippen LogP) is 1.84. The standard InChI is InChI=1S/C14H22N2O/c1-16(2)11-14(8-5-9-15-14)12-6-4-7-13(10-12)17-3/h4,6-7,10,15H,5,8-9,11H2,1-3H3. The van der Waals surface area contributed by atoms with Gasteiger partial charge in [0.2, 0.25) is 0 Å². The Bertz CT molecular complexity index is 370. The van der Waals surface area contributed by atoms with Crippen LogP contribution >= 0.6 is 0 Å². The summed E-state index contributed by atoms with van der Waals surface area (Å²) in [6.07, 6.45) is 2.43. The smallest absolute Gasteiger partial charge is 0.119 e. The van der Waals surface area contributed by atoms with Crippen LogP contribution in [0.2, 0.25) is 0 Å². The van der Waals surface area contributed by atoms with Gasteiger partial charge < -0.3 is 15.0 Å². The zero-order chi connectivity index (χ0) is 12.3. The third-order valence-corrected chi connectivity index (χ3v) is 3.45. The molecule has 1 heterocycles. The molecule has 3 nitrogen and oxygen atoms in total. The topological polar surface area (TPSA) is 24.5 Å². The Labute approximate surface area is 104 Å². The molecule has 1 saturated heterocycles. The number of rotatable bonds is 4. The highest BCUT2D eigenvalue weighted by Gasteiger charge is 2.35. The molecule has 1 N–H and O–H groups in total. The fourth-order valence-corrected chi connectivity index (χ4v) is 2.74. The van der Waals surface area contributed by atoms with Crippen LogP contribution in [0.15, 0.2) is 24.3 Å². The van der Waals surface area contributed by atoms with Crippen molar-refractivity contribution in [1.82, 2.24) is 10.2 Å². The summed E-state index contributed by atoms with van der Waals surface area (Å²) < 4.78 is 5.32. The van der Waals surface area contributed by atoms with Gasteiger partial charge in [0.1, 0.15) is 5.75 Å². The zero-order valence-electron chi connectivity index (χ0n) is 11.0. The summed E-state index contributed by atoms with van der Waals surface area (Å²) in [6.45, 7) is 2.13. The van der Waals surface area contributed by atoms with Gasteiger partial charge in [0, 0.05) is 6.54 Å². The molecule has 1 atom stereocenters. The van der Waals surface area contributed by atoms with E-state index in [1.807, 2.05) is 6.07 Å². The van der Waals surface area contributed by atoms with E-state index in [1.54, 1.807) is 7.11 Å². The van der Waals surface area contributed by atoms with Gasteiger partial charge in [-0.05, 0) is 51.2 Å². The minimum absolute atomic E-state index is 0.0953. The Hall–Kier alpha value is -1.06. The molecule has 0 radical (unpaired) electrons. The van der Waals surface area contributed by atoms with Gasteiger partial charge in [0.15, 0.2) is 0 Å². The van der Waals surface area contributed by atoms with E-state index in [0.29, 0.717) is 0 Å². The Morgan fingerprint density at radius 3 is 2.82 bits per heavy atom. The van der Waals surface area contributed by atoms with Crippen molar-refractivity contribution in [3.8, 4) is 5.75 Å². The average Bonchev–Trinajstić information content (AvgIpc) is 2.78. The lowest BCUT2D eigenvalue weighted by Crippen LogP contribution is -2.45. The molecule has 0 amide bonds. The lowest BCUT2D eigenvalue weighted by atomic mass is 9.87. The number of nitrogens with one attached hydrogen (secondary N) is 1. The number of hydrogen-bond donors (Lipinski definition) is 1. The first kappa shape index (κ1) is 12.4. The molecule has 0 spiro atoms. The summed E-state index contributed by atoms with van der Waals surface area (Å²) in [5, 5.41) is 3.67. The Balaban J connectivity index is 2.31. The summed E-state index contributed by atoms with van der Waals surface area (Å²) in [6, 6.07) is 8.43. The van der Waals surface area contributed by atoms with Crippen LogP contribution in [0, 0.1) is 0 Å². The first-order valence-electron chi connectivity index (χ1n) is 6.21. The highest BCUT2D eigenvalue weighted by Crippen LogP contribution is 2.33. The molecule has 1 unspecified atom stereocenters.